The maximum Gasteiger partial charge on any atom is 0.257 e. The molecule has 0 aliphatic carbocycles. The van der Waals surface area contributed by atoms with Gasteiger partial charge in [-0.25, -0.2) is 4.39 Å². The number of carbonyl (C=O) groups excluding carboxylic acids is 1. The van der Waals surface area contributed by atoms with Gasteiger partial charge < -0.3 is 15.6 Å². The van der Waals surface area contributed by atoms with E-state index in [0.717, 1.165) is 17.6 Å². The van der Waals surface area contributed by atoms with E-state index in [1.807, 2.05) is 18.3 Å². The van der Waals surface area contributed by atoms with Crippen LogP contribution in [0.3, 0.4) is 0 Å². The molecule has 0 atom stereocenters. The number of halogens is 1. The van der Waals surface area contributed by atoms with Gasteiger partial charge in [0.05, 0.1) is 11.3 Å². The van der Waals surface area contributed by atoms with Gasteiger partial charge in [0.15, 0.2) is 0 Å². The van der Waals surface area contributed by atoms with Gasteiger partial charge in [0, 0.05) is 41.7 Å². The van der Waals surface area contributed by atoms with E-state index in [-0.39, 0.29) is 11.7 Å². The molecule has 0 saturated carbocycles. The van der Waals surface area contributed by atoms with Crippen molar-refractivity contribution in [2.75, 3.05) is 17.2 Å². The number of aromatic nitrogens is 2. The SMILES string of the molecule is O=C(Nc1ccc(F)cc1)c1cncc(NCCc2c[nH]c3ccccc23)c1. The first-order chi connectivity index (χ1) is 13.7. The van der Waals surface area contributed by atoms with Crippen molar-refractivity contribution in [3.05, 3.63) is 90.1 Å². The zero-order chi connectivity index (χ0) is 19.3. The van der Waals surface area contributed by atoms with Crippen LogP contribution in [-0.4, -0.2) is 22.4 Å². The van der Waals surface area contributed by atoms with E-state index in [1.165, 1.54) is 41.4 Å². The lowest BCUT2D eigenvalue weighted by molar-refractivity contribution is 0.102. The number of rotatable bonds is 6. The number of benzene rings is 2. The molecule has 4 aromatic rings. The summed E-state index contributed by atoms with van der Waals surface area (Å²) in [5.41, 5.74) is 4.09. The summed E-state index contributed by atoms with van der Waals surface area (Å²) < 4.78 is 13.0. The zero-order valence-corrected chi connectivity index (χ0v) is 15.1. The molecule has 0 aliphatic heterocycles. The number of fused-ring (bicyclic) bond motifs is 1. The fourth-order valence-corrected chi connectivity index (χ4v) is 3.08. The molecular formula is C22H19FN4O. The van der Waals surface area contributed by atoms with E-state index >= 15 is 0 Å². The largest absolute Gasteiger partial charge is 0.383 e. The number of hydrogen-bond acceptors (Lipinski definition) is 3. The second kappa shape index (κ2) is 7.92. The Balaban J connectivity index is 1.38. The molecule has 2 heterocycles. The number of nitrogens with one attached hydrogen (secondary N) is 3. The summed E-state index contributed by atoms with van der Waals surface area (Å²) in [5.74, 6) is -0.638. The molecule has 1 amide bonds. The molecule has 0 unspecified atom stereocenters. The first-order valence-corrected chi connectivity index (χ1v) is 9.00. The number of pyridine rings is 1. The van der Waals surface area contributed by atoms with Crippen molar-refractivity contribution in [3.63, 3.8) is 0 Å². The van der Waals surface area contributed by atoms with E-state index in [4.69, 9.17) is 0 Å². The third-order valence-corrected chi connectivity index (χ3v) is 4.50. The third kappa shape index (κ3) is 4.01. The molecule has 0 saturated heterocycles. The second-order valence-corrected chi connectivity index (χ2v) is 6.46. The van der Waals surface area contributed by atoms with Crippen LogP contribution in [0.2, 0.25) is 0 Å². The molecule has 140 valence electrons. The van der Waals surface area contributed by atoms with Crippen LogP contribution in [0.15, 0.2) is 73.2 Å². The topological polar surface area (TPSA) is 69.8 Å². The van der Waals surface area contributed by atoms with Gasteiger partial charge >= 0.3 is 0 Å². The van der Waals surface area contributed by atoms with E-state index < -0.39 is 0 Å². The number of para-hydroxylation sites is 1. The molecule has 4 rings (SSSR count). The summed E-state index contributed by atoms with van der Waals surface area (Å²) in [6.07, 6.45) is 6.06. The van der Waals surface area contributed by atoms with Crippen molar-refractivity contribution >= 4 is 28.2 Å². The third-order valence-electron chi connectivity index (χ3n) is 4.50. The lowest BCUT2D eigenvalue weighted by atomic mass is 10.1. The number of aromatic amines is 1. The predicted octanol–water partition coefficient (Wildman–Crippen LogP) is 4.61. The van der Waals surface area contributed by atoms with E-state index in [2.05, 4.69) is 32.7 Å². The van der Waals surface area contributed by atoms with Crippen LogP contribution in [0, 0.1) is 5.82 Å². The molecule has 0 aliphatic rings. The van der Waals surface area contributed by atoms with Crippen molar-refractivity contribution in [1.29, 1.82) is 0 Å². The van der Waals surface area contributed by atoms with Crippen molar-refractivity contribution in [3.8, 4) is 0 Å². The Hall–Kier alpha value is -3.67. The first-order valence-electron chi connectivity index (χ1n) is 9.00. The Bertz CT molecular complexity index is 1100. The Morgan fingerprint density at radius 1 is 1.04 bits per heavy atom. The van der Waals surface area contributed by atoms with E-state index in [0.29, 0.717) is 17.8 Å². The number of hydrogen-bond donors (Lipinski definition) is 3. The molecule has 3 N–H and O–H groups in total. The number of amides is 1. The molecule has 2 aromatic carbocycles. The van der Waals surface area contributed by atoms with Gasteiger partial charge in [0.1, 0.15) is 5.82 Å². The van der Waals surface area contributed by atoms with Gasteiger partial charge in [-0.2, -0.15) is 0 Å². The van der Waals surface area contributed by atoms with Crippen molar-refractivity contribution in [1.82, 2.24) is 9.97 Å². The minimum atomic E-state index is -0.346. The monoisotopic (exact) mass is 374 g/mol. The van der Waals surface area contributed by atoms with Gasteiger partial charge in [-0.3, -0.25) is 9.78 Å². The molecule has 0 bridgehead atoms. The Morgan fingerprint density at radius 2 is 1.86 bits per heavy atom. The van der Waals surface area contributed by atoms with E-state index in [9.17, 15) is 9.18 Å². The maximum atomic E-state index is 13.0. The summed E-state index contributed by atoms with van der Waals surface area (Å²) in [4.78, 5) is 19.8. The summed E-state index contributed by atoms with van der Waals surface area (Å²) >= 11 is 0. The highest BCUT2D eigenvalue weighted by molar-refractivity contribution is 6.04. The lowest BCUT2D eigenvalue weighted by Gasteiger charge is -2.09. The molecule has 6 heteroatoms. The van der Waals surface area contributed by atoms with Gasteiger partial charge in [0.25, 0.3) is 5.91 Å². The minimum absolute atomic E-state index is 0.292. The summed E-state index contributed by atoms with van der Waals surface area (Å²) in [6.45, 7) is 0.715. The first kappa shape index (κ1) is 17.7. The number of carbonyl (C=O) groups is 1. The molecule has 0 spiro atoms. The number of nitrogens with zero attached hydrogens (tertiary/aromatic N) is 1. The highest BCUT2D eigenvalue weighted by Gasteiger charge is 2.08. The summed E-state index contributed by atoms with van der Waals surface area (Å²) in [7, 11) is 0. The van der Waals surface area contributed by atoms with Gasteiger partial charge in [-0.05, 0) is 48.4 Å². The molecule has 5 nitrogen and oxygen atoms in total. The Labute approximate surface area is 161 Å². The van der Waals surface area contributed by atoms with Crippen LogP contribution in [0.1, 0.15) is 15.9 Å². The number of H-pyrrole nitrogens is 1. The average molecular weight is 374 g/mol. The van der Waals surface area contributed by atoms with Gasteiger partial charge in [-0.1, -0.05) is 18.2 Å². The normalized spacial score (nSPS) is 10.8. The standard InChI is InChI=1S/C22H19FN4O/c23-17-5-7-18(8-6-17)27-22(28)16-11-19(14-24-12-16)25-10-9-15-13-26-21-4-2-1-3-20(15)21/h1-8,11-14,25-26H,9-10H2,(H,27,28). The molecular weight excluding hydrogens is 355 g/mol. The fourth-order valence-electron chi connectivity index (χ4n) is 3.08. The van der Waals surface area contributed by atoms with Crippen LogP contribution in [0.25, 0.3) is 10.9 Å². The smallest absolute Gasteiger partial charge is 0.257 e. The summed E-state index contributed by atoms with van der Waals surface area (Å²) in [6, 6.07) is 15.6. The highest BCUT2D eigenvalue weighted by Crippen LogP contribution is 2.18. The zero-order valence-electron chi connectivity index (χ0n) is 15.1. The summed E-state index contributed by atoms with van der Waals surface area (Å²) in [5, 5.41) is 7.26. The van der Waals surface area contributed by atoms with Crippen molar-refractivity contribution < 1.29 is 9.18 Å². The van der Waals surface area contributed by atoms with Gasteiger partial charge in [0.2, 0.25) is 0 Å². The van der Waals surface area contributed by atoms with Crippen LogP contribution in [-0.2, 0) is 6.42 Å². The van der Waals surface area contributed by atoms with E-state index in [1.54, 1.807) is 12.3 Å². The number of anilines is 2. The molecule has 28 heavy (non-hydrogen) atoms. The predicted molar refractivity (Wildman–Crippen MR) is 109 cm³/mol. The van der Waals surface area contributed by atoms with Crippen LogP contribution >= 0.6 is 0 Å². The van der Waals surface area contributed by atoms with Crippen molar-refractivity contribution in [2.24, 2.45) is 0 Å². The maximum absolute atomic E-state index is 13.0. The Kier molecular flexibility index (Phi) is 5.01. The van der Waals surface area contributed by atoms with Crippen LogP contribution < -0.4 is 10.6 Å². The quantitative estimate of drug-likeness (QED) is 0.462. The molecule has 0 radical (unpaired) electrons. The van der Waals surface area contributed by atoms with Crippen molar-refractivity contribution in [2.45, 2.75) is 6.42 Å². The Morgan fingerprint density at radius 3 is 2.71 bits per heavy atom. The lowest BCUT2D eigenvalue weighted by Crippen LogP contribution is -2.13. The molecule has 2 aromatic heterocycles. The average Bonchev–Trinajstić information content (AvgIpc) is 3.13. The van der Waals surface area contributed by atoms with Gasteiger partial charge in [-0.15, -0.1) is 0 Å². The van der Waals surface area contributed by atoms with Crippen LogP contribution in [0.5, 0.6) is 0 Å². The highest BCUT2D eigenvalue weighted by atomic mass is 19.1. The molecule has 0 fully saturated rings. The minimum Gasteiger partial charge on any atom is -0.383 e. The second-order valence-electron chi connectivity index (χ2n) is 6.46. The van der Waals surface area contributed by atoms with Crippen LogP contribution in [0.4, 0.5) is 15.8 Å². The fraction of sp³-hybridized carbons (Fsp3) is 0.0909.